The van der Waals surface area contributed by atoms with Crippen molar-refractivity contribution < 1.29 is 9.90 Å². The molecule has 2 atom stereocenters. The zero-order valence-electron chi connectivity index (χ0n) is 18.1. The van der Waals surface area contributed by atoms with Crippen molar-refractivity contribution in [2.75, 3.05) is 5.32 Å². The zero-order chi connectivity index (χ0) is 24.0. The maximum Gasteiger partial charge on any atom is 0.274 e. The van der Waals surface area contributed by atoms with Crippen molar-refractivity contribution in [2.45, 2.75) is 31.7 Å². The molecule has 1 fully saturated rings. The van der Waals surface area contributed by atoms with Crippen molar-refractivity contribution in [3.05, 3.63) is 92.2 Å². The molecule has 1 saturated carbocycles. The summed E-state index contributed by atoms with van der Waals surface area (Å²) in [6.07, 6.45) is 1.86. The van der Waals surface area contributed by atoms with Crippen LogP contribution in [0.3, 0.4) is 0 Å². The molecule has 0 spiro atoms. The van der Waals surface area contributed by atoms with Crippen LogP contribution in [-0.4, -0.2) is 25.5 Å². The molecule has 1 aliphatic rings. The van der Waals surface area contributed by atoms with E-state index in [2.05, 4.69) is 27.4 Å². The number of pyridine rings is 1. The number of aromatic hydroxyl groups is 1. The van der Waals surface area contributed by atoms with E-state index in [0.29, 0.717) is 22.4 Å². The summed E-state index contributed by atoms with van der Waals surface area (Å²) in [5, 5.41) is 12.4. The van der Waals surface area contributed by atoms with Gasteiger partial charge in [0, 0.05) is 12.0 Å². The van der Waals surface area contributed by atoms with Crippen molar-refractivity contribution >= 4 is 45.7 Å². The van der Waals surface area contributed by atoms with Crippen LogP contribution in [0.15, 0.2) is 59.4 Å². The SMILES string of the molecule is Cc1nc2cccc(NC(=O)c3cc(Cl)c(O)c(Cl)n3)c2c(=O)n1[C@@H]1CC[C@H]1c1ccccc1. The highest BCUT2D eigenvalue weighted by Crippen LogP contribution is 2.45. The highest BCUT2D eigenvalue weighted by molar-refractivity contribution is 6.36. The molecule has 1 amide bonds. The minimum atomic E-state index is -0.617. The van der Waals surface area contributed by atoms with Gasteiger partial charge in [-0.15, -0.1) is 0 Å². The quantitative estimate of drug-likeness (QED) is 0.366. The third-order valence-electron chi connectivity index (χ3n) is 6.29. The first-order chi connectivity index (χ1) is 16.3. The fourth-order valence-electron chi connectivity index (χ4n) is 4.51. The molecule has 0 unspecified atom stereocenters. The normalized spacial score (nSPS) is 17.4. The predicted octanol–water partition coefficient (Wildman–Crippen LogP) is 5.48. The molecule has 34 heavy (non-hydrogen) atoms. The molecular weight excluding hydrogens is 475 g/mol. The molecule has 0 saturated heterocycles. The molecule has 2 aromatic heterocycles. The lowest BCUT2D eigenvalue weighted by atomic mass is 9.74. The van der Waals surface area contributed by atoms with E-state index in [1.54, 1.807) is 22.8 Å². The van der Waals surface area contributed by atoms with Crippen LogP contribution in [0.4, 0.5) is 5.69 Å². The Morgan fingerprint density at radius 3 is 2.53 bits per heavy atom. The van der Waals surface area contributed by atoms with Gasteiger partial charge in [-0.2, -0.15) is 0 Å². The topological polar surface area (TPSA) is 97.1 Å². The Balaban J connectivity index is 1.56. The summed E-state index contributed by atoms with van der Waals surface area (Å²) in [4.78, 5) is 35.2. The van der Waals surface area contributed by atoms with Gasteiger partial charge in [0.15, 0.2) is 10.9 Å². The van der Waals surface area contributed by atoms with Gasteiger partial charge in [0.2, 0.25) is 0 Å². The van der Waals surface area contributed by atoms with Gasteiger partial charge >= 0.3 is 0 Å². The predicted molar refractivity (Wildman–Crippen MR) is 132 cm³/mol. The summed E-state index contributed by atoms with van der Waals surface area (Å²) in [7, 11) is 0. The number of hydrogen-bond acceptors (Lipinski definition) is 5. The molecule has 0 bridgehead atoms. The standard InChI is InChI=1S/C25H20Cl2N4O3/c1-13-28-17-8-5-9-18(30-24(33)19-12-16(26)22(32)23(27)29-19)21(17)25(34)31(13)20-11-10-15(20)14-6-3-2-4-7-14/h2-9,12,15,20,32H,10-11H2,1H3,(H,30,33)/t15-,20+/m0/s1. The van der Waals surface area contributed by atoms with Crippen LogP contribution in [0.25, 0.3) is 10.9 Å². The lowest BCUT2D eigenvalue weighted by Crippen LogP contribution is -2.37. The first-order valence-corrected chi connectivity index (χ1v) is 11.5. The van der Waals surface area contributed by atoms with Gasteiger partial charge in [-0.3, -0.25) is 14.2 Å². The van der Waals surface area contributed by atoms with Gasteiger partial charge in [0.25, 0.3) is 11.5 Å². The number of rotatable bonds is 4. The molecule has 1 aliphatic carbocycles. The largest absolute Gasteiger partial charge is 0.504 e. The van der Waals surface area contributed by atoms with E-state index >= 15 is 0 Å². The number of carbonyl (C=O) groups excluding carboxylic acids is 1. The number of anilines is 1. The molecule has 5 rings (SSSR count). The number of aromatic nitrogens is 3. The summed E-state index contributed by atoms with van der Waals surface area (Å²) in [5.74, 6) is -0.163. The van der Waals surface area contributed by atoms with E-state index in [1.807, 2.05) is 25.1 Å². The van der Waals surface area contributed by atoms with Gasteiger partial charge in [-0.25, -0.2) is 9.97 Å². The Hall–Kier alpha value is -3.42. The fraction of sp³-hybridized carbons (Fsp3) is 0.200. The minimum Gasteiger partial charge on any atom is -0.504 e. The van der Waals surface area contributed by atoms with E-state index in [9.17, 15) is 14.7 Å². The smallest absolute Gasteiger partial charge is 0.274 e. The van der Waals surface area contributed by atoms with Crippen molar-refractivity contribution in [3.63, 3.8) is 0 Å². The Labute approximate surface area is 205 Å². The molecule has 2 heterocycles. The van der Waals surface area contributed by atoms with Gasteiger partial charge < -0.3 is 10.4 Å². The molecule has 7 nitrogen and oxygen atoms in total. The van der Waals surface area contributed by atoms with Crippen LogP contribution < -0.4 is 10.9 Å². The molecule has 9 heteroatoms. The fourth-order valence-corrected chi connectivity index (χ4v) is 4.94. The number of nitrogens with zero attached hydrogens (tertiary/aromatic N) is 3. The van der Waals surface area contributed by atoms with Crippen LogP contribution in [0, 0.1) is 6.92 Å². The van der Waals surface area contributed by atoms with Crippen LogP contribution >= 0.6 is 23.2 Å². The van der Waals surface area contributed by atoms with Gasteiger partial charge in [-0.1, -0.05) is 59.6 Å². The summed E-state index contributed by atoms with van der Waals surface area (Å²) >= 11 is 11.8. The summed E-state index contributed by atoms with van der Waals surface area (Å²) in [6.45, 7) is 1.83. The molecule has 0 radical (unpaired) electrons. The van der Waals surface area contributed by atoms with Crippen LogP contribution in [0.5, 0.6) is 5.75 Å². The number of amides is 1. The molecule has 4 aromatic rings. The summed E-state index contributed by atoms with van der Waals surface area (Å²) in [5.41, 5.74) is 1.69. The number of hydrogen-bond donors (Lipinski definition) is 2. The van der Waals surface area contributed by atoms with Gasteiger partial charge in [-0.05, 0) is 43.5 Å². The average Bonchev–Trinajstić information content (AvgIpc) is 2.79. The van der Waals surface area contributed by atoms with E-state index in [1.165, 1.54) is 11.6 Å². The van der Waals surface area contributed by atoms with Crippen molar-refractivity contribution in [1.29, 1.82) is 0 Å². The van der Waals surface area contributed by atoms with Crippen LogP contribution in [-0.2, 0) is 0 Å². The third-order valence-corrected chi connectivity index (χ3v) is 6.84. The van der Waals surface area contributed by atoms with Crippen molar-refractivity contribution in [3.8, 4) is 5.75 Å². The maximum atomic E-state index is 13.7. The van der Waals surface area contributed by atoms with Gasteiger partial charge in [0.05, 0.1) is 21.6 Å². The van der Waals surface area contributed by atoms with Gasteiger partial charge in [0.1, 0.15) is 11.5 Å². The number of benzene rings is 2. The number of halogens is 2. The molecule has 0 aliphatic heterocycles. The minimum absolute atomic E-state index is 0.00747. The van der Waals surface area contributed by atoms with Crippen LogP contribution in [0.1, 0.15) is 46.7 Å². The Kier molecular flexibility index (Phi) is 5.75. The number of nitrogens with one attached hydrogen (secondary N) is 1. The summed E-state index contributed by atoms with van der Waals surface area (Å²) in [6, 6.07) is 16.4. The second-order valence-electron chi connectivity index (χ2n) is 8.28. The van der Waals surface area contributed by atoms with Crippen molar-refractivity contribution in [1.82, 2.24) is 14.5 Å². The Morgan fingerprint density at radius 1 is 1.09 bits per heavy atom. The molecule has 2 aromatic carbocycles. The van der Waals surface area contributed by atoms with E-state index in [-0.39, 0.29) is 33.4 Å². The first-order valence-electron chi connectivity index (χ1n) is 10.8. The second-order valence-corrected chi connectivity index (χ2v) is 9.04. The maximum absolute atomic E-state index is 13.7. The lowest BCUT2D eigenvalue weighted by Gasteiger charge is -2.39. The number of aryl methyl sites for hydroxylation is 1. The monoisotopic (exact) mass is 494 g/mol. The number of carbonyl (C=O) groups is 1. The van der Waals surface area contributed by atoms with E-state index < -0.39 is 11.7 Å². The molecule has 172 valence electrons. The summed E-state index contributed by atoms with van der Waals surface area (Å²) < 4.78 is 1.74. The average molecular weight is 495 g/mol. The Morgan fingerprint density at radius 2 is 1.85 bits per heavy atom. The first kappa shape index (κ1) is 22.4. The second kappa shape index (κ2) is 8.74. The highest BCUT2D eigenvalue weighted by atomic mass is 35.5. The third kappa shape index (κ3) is 3.81. The molecule has 2 N–H and O–H groups in total. The number of fused-ring (bicyclic) bond motifs is 1. The lowest BCUT2D eigenvalue weighted by molar-refractivity contribution is 0.102. The zero-order valence-corrected chi connectivity index (χ0v) is 19.6. The van der Waals surface area contributed by atoms with E-state index in [4.69, 9.17) is 23.2 Å². The Bertz CT molecular complexity index is 1460. The van der Waals surface area contributed by atoms with Crippen LogP contribution in [0.2, 0.25) is 10.2 Å². The molecular formula is C25H20Cl2N4O3. The highest BCUT2D eigenvalue weighted by Gasteiger charge is 2.35. The van der Waals surface area contributed by atoms with Crippen molar-refractivity contribution in [2.24, 2.45) is 0 Å². The van der Waals surface area contributed by atoms with E-state index in [0.717, 1.165) is 12.8 Å².